The number of rotatable bonds is 4. The first-order chi connectivity index (χ1) is 13.9. The Morgan fingerprint density at radius 2 is 1.72 bits per heavy atom. The zero-order valence-corrected chi connectivity index (χ0v) is 16.9. The number of aromatic nitrogens is 2. The van der Waals surface area contributed by atoms with Gasteiger partial charge in [-0.2, -0.15) is 0 Å². The number of aryl methyl sites for hydroxylation is 2. The molecular formula is C24H19ClN2O2. The lowest BCUT2D eigenvalue weighted by molar-refractivity contribution is 0.103. The van der Waals surface area contributed by atoms with Gasteiger partial charge >= 0.3 is 0 Å². The molecule has 144 valence electrons. The van der Waals surface area contributed by atoms with E-state index in [1.54, 1.807) is 30.5 Å². The molecule has 4 nitrogen and oxygen atoms in total. The molecule has 0 bridgehead atoms. The topological polar surface area (TPSA) is 52.0 Å². The fourth-order valence-electron chi connectivity index (χ4n) is 3.31. The van der Waals surface area contributed by atoms with E-state index < -0.39 is 0 Å². The first kappa shape index (κ1) is 19.1. The van der Waals surface area contributed by atoms with Crippen molar-refractivity contribution >= 4 is 28.4 Å². The lowest BCUT2D eigenvalue weighted by atomic mass is 10.0. The Hall–Kier alpha value is -3.24. The van der Waals surface area contributed by atoms with Crippen LogP contribution in [0, 0.1) is 13.8 Å². The number of pyridine rings is 2. The minimum absolute atomic E-state index is 0.124. The molecule has 4 rings (SSSR count). The van der Waals surface area contributed by atoms with Crippen LogP contribution in [-0.4, -0.2) is 15.3 Å². The first-order valence-electron chi connectivity index (χ1n) is 9.29. The summed E-state index contributed by atoms with van der Waals surface area (Å²) < 4.78 is 1.83. The molecule has 0 spiro atoms. The highest BCUT2D eigenvalue weighted by atomic mass is 35.5. The van der Waals surface area contributed by atoms with Crippen LogP contribution >= 0.6 is 11.6 Å². The number of carbonyl (C=O) groups excluding carboxylic acids is 1. The molecule has 2 aromatic heterocycles. The minimum Gasteiger partial charge on any atom is -0.327 e. The van der Waals surface area contributed by atoms with Gasteiger partial charge in [-0.1, -0.05) is 59.6 Å². The first-order valence-corrected chi connectivity index (χ1v) is 9.67. The maximum absolute atomic E-state index is 13.1. The standard InChI is InChI=1S/C24H19ClN2O2/c1-15-7-10-17(11-8-15)22(28)20-14-27(13-18-5-3-4-6-21(18)25)24-19(23(20)29)12-9-16(2)26-24/h3-12,14H,13H2,1-2H3. The maximum atomic E-state index is 13.1. The van der Waals surface area contributed by atoms with Crippen molar-refractivity contribution in [1.29, 1.82) is 0 Å². The summed E-state index contributed by atoms with van der Waals surface area (Å²) in [6, 6.07) is 18.2. The van der Waals surface area contributed by atoms with Crippen molar-refractivity contribution in [2.75, 3.05) is 0 Å². The van der Waals surface area contributed by atoms with E-state index in [2.05, 4.69) is 4.98 Å². The number of hydrogen-bond acceptors (Lipinski definition) is 3. The fraction of sp³-hybridized carbons (Fsp3) is 0.125. The van der Waals surface area contributed by atoms with Gasteiger partial charge in [-0.3, -0.25) is 9.59 Å². The number of halogens is 1. The fourth-order valence-corrected chi connectivity index (χ4v) is 3.51. The van der Waals surface area contributed by atoms with Crippen LogP contribution in [0.1, 0.15) is 32.7 Å². The second kappa shape index (κ2) is 7.64. The molecule has 0 saturated carbocycles. The monoisotopic (exact) mass is 402 g/mol. The molecule has 0 saturated heterocycles. The van der Waals surface area contributed by atoms with Crippen LogP contribution < -0.4 is 5.43 Å². The number of nitrogens with zero attached hydrogens (tertiary/aromatic N) is 2. The largest absolute Gasteiger partial charge is 0.327 e. The maximum Gasteiger partial charge on any atom is 0.202 e. The number of benzene rings is 2. The SMILES string of the molecule is Cc1ccc(C(=O)c2cn(Cc3ccccc3Cl)c3nc(C)ccc3c2=O)cc1. The highest BCUT2D eigenvalue weighted by Gasteiger charge is 2.18. The Morgan fingerprint density at radius 1 is 1.00 bits per heavy atom. The van der Waals surface area contributed by atoms with Crippen molar-refractivity contribution in [3.8, 4) is 0 Å². The van der Waals surface area contributed by atoms with Gasteiger partial charge in [0.1, 0.15) is 5.65 Å². The Kier molecular flexibility index (Phi) is 5.03. The average molecular weight is 403 g/mol. The van der Waals surface area contributed by atoms with Gasteiger partial charge in [-0.15, -0.1) is 0 Å². The summed E-state index contributed by atoms with van der Waals surface area (Å²) in [5, 5.41) is 1.04. The number of fused-ring (bicyclic) bond motifs is 1. The van der Waals surface area contributed by atoms with Crippen molar-refractivity contribution in [2.24, 2.45) is 0 Å². The molecule has 0 aliphatic heterocycles. The Morgan fingerprint density at radius 3 is 2.45 bits per heavy atom. The van der Waals surface area contributed by atoms with E-state index in [9.17, 15) is 9.59 Å². The normalized spacial score (nSPS) is 11.0. The van der Waals surface area contributed by atoms with Crippen molar-refractivity contribution in [1.82, 2.24) is 9.55 Å². The van der Waals surface area contributed by atoms with E-state index in [1.807, 2.05) is 54.8 Å². The zero-order valence-electron chi connectivity index (χ0n) is 16.1. The molecule has 0 aliphatic carbocycles. The third-order valence-electron chi connectivity index (χ3n) is 4.92. The van der Waals surface area contributed by atoms with E-state index in [0.717, 1.165) is 16.8 Å². The molecule has 0 N–H and O–H groups in total. The van der Waals surface area contributed by atoms with Gasteiger partial charge in [-0.05, 0) is 37.6 Å². The van der Waals surface area contributed by atoms with Crippen molar-refractivity contribution in [3.05, 3.63) is 110 Å². The van der Waals surface area contributed by atoms with E-state index in [4.69, 9.17) is 11.6 Å². The van der Waals surface area contributed by atoms with Crippen molar-refractivity contribution in [2.45, 2.75) is 20.4 Å². The van der Waals surface area contributed by atoms with Gasteiger partial charge in [0.25, 0.3) is 0 Å². The van der Waals surface area contributed by atoms with E-state index in [0.29, 0.717) is 28.2 Å². The summed E-state index contributed by atoms with van der Waals surface area (Å²) in [4.78, 5) is 30.7. The van der Waals surface area contributed by atoms with Gasteiger partial charge in [0, 0.05) is 22.5 Å². The Bertz CT molecular complexity index is 1290. The molecule has 0 aliphatic rings. The predicted molar refractivity (Wildman–Crippen MR) is 116 cm³/mol. The Labute approximate surface area is 173 Å². The predicted octanol–water partition coefficient (Wildman–Crippen LogP) is 4.95. The van der Waals surface area contributed by atoms with Crippen molar-refractivity contribution in [3.63, 3.8) is 0 Å². The minimum atomic E-state index is -0.312. The van der Waals surface area contributed by atoms with Gasteiger partial charge in [-0.25, -0.2) is 4.98 Å². The number of ketones is 1. The van der Waals surface area contributed by atoms with Crippen LogP contribution in [0.2, 0.25) is 5.02 Å². The summed E-state index contributed by atoms with van der Waals surface area (Å²) in [6.07, 6.45) is 1.60. The van der Waals surface area contributed by atoms with Crippen LogP contribution in [0.15, 0.2) is 71.7 Å². The number of hydrogen-bond donors (Lipinski definition) is 0. The second-order valence-electron chi connectivity index (χ2n) is 7.11. The molecule has 0 fully saturated rings. The molecule has 0 atom stereocenters. The second-order valence-corrected chi connectivity index (χ2v) is 7.52. The third kappa shape index (κ3) is 3.71. The van der Waals surface area contributed by atoms with Gasteiger partial charge in [0.05, 0.1) is 17.5 Å². The van der Waals surface area contributed by atoms with Crippen LogP contribution in [-0.2, 0) is 6.54 Å². The molecule has 5 heteroatoms. The Balaban J connectivity index is 1.92. The molecule has 0 amide bonds. The molecule has 0 unspecified atom stereocenters. The van der Waals surface area contributed by atoms with E-state index >= 15 is 0 Å². The molecule has 2 heterocycles. The molecule has 4 aromatic rings. The summed E-state index contributed by atoms with van der Waals surface area (Å²) >= 11 is 6.34. The molecule has 29 heavy (non-hydrogen) atoms. The molecule has 0 radical (unpaired) electrons. The molecule has 2 aromatic carbocycles. The lowest BCUT2D eigenvalue weighted by Crippen LogP contribution is -2.21. The summed E-state index contributed by atoms with van der Waals surface area (Å²) in [5.74, 6) is -0.301. The average Bonchev–Trinajstić information content (AvgIpc) is 2.71. The number of carbonyl (C=O) groups is 1. The van der Waals surface area contributed by atoms with Crippen LogP contribution in [0.25, 0.3) is 11.0 Å². The van der Waals surface area contributed by atoms with Gasteiger partial charge in [0.15, 0.2) is 5.78 Å². The van der Waals surface area contributed by atoms with Crippen LogP contribution in [0.4, 0.5) is 0 Å². The van der Waals surface area contributed by atoms with Crippen molar-refractivity contribution < 1.29 is 4.79 Å². The van der Waals surface area contributed by atoms with Gasteiger partial charge in [0.2, 0.25) is 5.43 Å². The lowest BCUT2D eigenvalue weighted by Gasteiger charge is -2.14. The summed E-state index contributed by atoms with van der Waals surface area (Å²) in [7, 11) is 0. The van der Waals surface area contributed by atoms with Crippen LogP contribution in [0.3, 0.4) is 0 Å². The molecular weight excluding hydrogens is 384 g/mol. The van der Waals surface area contributed by atoms with E-state index in [-0.39, 0.29) is 16.8 Å². The highest BCUT2D eigenvalue weighted by Crippen LogP contribution is 2.20. The summed E-state index contributed by atoms with van der Waals surface area (Å²) in [5.41, 5.74) is 3.56. The quantitative estimate of drug-likeness (QED) is 0.454. The van der Waals surface area contributed by atoms with Crippen LogP contribution in [0.5, 0.6) is 0 Å². The van der Waals surface area contributed by atoms with Gasteiger partial charge < -0.3 is 4.57 Å². The van der Waals surface area contributed by atoms with E-state index in [1.165, 1.54) is 0 Å². The summed E-state index contributed by atoms with van der Waals surface area (Å²) in [6.45, 7) is 4.23. The zero-order chi connectivity index (χ0) is 20.5. The highest BCUT2D eigenvalue weighted by molar-refractivity contribution is 6.31. The smallest absolute Gasteiger partial charge is 0.202 e. The third-order valence-corrected chi connectivity index (χ3v) is 5.29.